The Hall–Kier alpha value is -0.200. The van der Waals surface area contributed by atoms with Crippen LogP contribution in [-0.2, 0) is 0 Å². The maximum atomic E-state index is 8.59. The molecule has 0 bridgehead atoms. The van der Waals surface area contributed by atoms with Gasteiger partial charge in [-0.05, 0) is 0 Å². The van der Waals surface area contributed by atoms with Crippen molar-refractivity contribution in [2.24, 2.45) is 5.73 Å². The minimum atomic E-state index is -2.18. The van der Waals surface area contributed by atoms with Gasteiger partial charge in [-0.25, -0.2) is 0 Å². The van der Waals surface area contributed by atoms with Crippen molar-refractivity contribution in [3.63, 3.8) is 0 Å². The van der Waals surface area contributed by atoms with Crippen molar-refractivity contribution >= 4 is 0 Å². The Bertz CT molecular complexity index is 76.2. The molecule has 5 heteroatoms. The predicted molar refractivity (Wildman–Crippen MR) is 31.3 cm³/mol. The van der Waals surface area contributed by atoms with Gasteiger partial charge in [-0.3, -0.25) is 5.32 Å². The molecule has 0 fully saturated rings. The Morgan fingerprint density at radius 3 is 2.33 bits per heavy atom. The Labute approximate surface area is 53.1 Å². The summed E-state index contributed by atoms with van der Waals surface area (Å²) >= 11 is 0. The second kappa shape index (κ2) is 3.76. The Balaban J connectivity index is 3.33. The Morgan fingerprint density at radius 2 is 2.00 bits per heavy atom. The molecule has 0 rings (SSSR count). The zero-order valence-corrected chi connectivity index (χ0v) is 5.04. The van der Waals surface area contributed by atoms with Crippen molar-refractivity contribution in [2.45, 2.75) is 5.91 Å². The van der Waals surface area contributed by atoms with E-state index in [4.69, 9.17) is 21.1 Å². The third kappa shape index (κ3) is 4.31. The number of rotatable bonds is 4. The zero-order valence-electron chi connectivity index (χ0n) is 5.04. The highest BCUT2D eigenvalue weighted by atomic mass is 16.5. The first-order chi connectivity index (χ1) is 4.12. The molecule has 0 saturated heterocycles. The summed E-state index contributed by atoms with van der Waals surface area (Å²) in [5.74, 6) is -2.18. The molecule has 0 radical (unpaired) electrons. The quantitative estimate of drug-likeness (QED) is 0.268. The van der Waals surface area contributed by atoms with Crippen LogP contribution >= 0.6 is 0 Å². The summed E-state index contributed by atoms with van der Waals surface area (Å²) in [5.41, 5.74) is 5.02. The van der Waals surface area contributed by atoms with Gasteiger partial charge in [0.1, 0.15) is 6.61 Å². The van der Waals surface area contributed by atoms with E-state index in [0.717, 1.165) is 0 Å². The number of hydrogen-bond donors (Lipinski definition) is 5. The molecule has 0 aromatic rings. The van der Waals surface area contributed by atoms with Gasteiger partial charge in [0.25, 0.3) is 0 Å². The first kappa shape index (κ1) is 8.80. The van der Waals surface area contributed by atoms with Crippen LogP contribution in [-0.4, -0.2) is 40.9 Å². The van der Waals surface area contributed by atoms with Crippen LogP contribution in [0.4, 0.5) is 0 Å². The third-order valence-electron chi connectivity index (χ3n) is 0.773. The van der Waals surface area contributed by atoms with Crippen LogP contribution in [0.5, 0.6) is 0 Å². The maximum absolute atomic E-state index is 8.59. The van der Waals surface area contributed by atoms with Gasteiger partial charge in [-0.15, -0.1) is 0 Å². The monoisotopic (exact) mass is 136 g/mol. The molecular weight excluding hydrogens is 124 g/mol. The summed E-state index contributed by atoms with van der Waals surface area (Å²) < 4.78 is 0. The highest BCUT2D eigenvalue weighted by molar-refractivity contribution is 4.58. The molecule has 6 N–H and O–H groups in total. The summed E-state index contributed by atoms with van der Waals surface area (Å²) in [6.45, 7) is -0.191. The van der Waals surface area contributed by atoms with E-state index in [0.29, 0.717) is 6.54 Å². The normalized spacial score (nSPS) is 12.0. The fourth-order valence-electron chi connectivity index (χ4n) is 0.328. The number of hydrogen-bond acceptors (Lipinski definition) is 5. The van der Waals surface area contributed by atoms with Crippen LogP contribution < -0.4 is 11.1 Å². The molecule has 0 aromatic carbocycles. The minimum absolute atomic E-state index is 0.258. The summed E-state index contributed by atoms with van der Waals surface area (Å²) in [5, 5.41) is 27.6. The van der Waals surface area contributed by atoms with Gasteiger partial charge in [0.05, 0.1) is 0 Å². The molecule has 0 aliphatic heterocycles. The average molecular weight is 136 g/mol. The van der Waals surface area contributed by atoms with Gasteiger partial charge in [-0.2, -0.15) is 0 Å². The lowest BCUT2D eigenvalue weighted by atomic mass is 10.5. The molecule has 0 aliphatic rings. The Morgan fingerprint density at radius 1 is 1.44 bits per heavy atom. The van der Waals surface area contributed by atoms with Crippen LogP contribution in [0.15, 0.2) is 0 Å². The molecule has 9 heavy (non-hydrogen) atoms. The van der Waals surface area contributed by atoms with Crippen LogP contribution in [0.1, 0.15) is 0 Å². The molecule has 56 valence electrons. The molecule has 5 nitrogen and oxygen atoms in total. The van der Waals surface area contributed by atoms with E-state index in [1.54, 1.807) is 0 Å². The lowest BCUT2D eigenvalue weighted by molar-refractivity contribution is -0.208. The van der Waals surface area contributed by atoms with E-state index in [-0.39, 0.29) is 6.54 Å². The predicted octanol–water partition coefficient (Wildman–Crippen LogP) is -2.83. The van der Waals surface area contributed by atoms with E-state index in [9.17, 15) is 0 Å². The van der Waals surface area contributed by atoms with E-state index < -0.39 is 12.5 Å². The van der Waals surface area contributed by atoms with Gasteiger partial charge in [-0.1, -0.05) is 0 Å². The van der Waals surface area contributed by atoms with Gasteiger partial charge < -0.3 is 21.1 Å². The van der Waals surface area contributed by atoms with E-state index in [2.05, 4.69) is 5.32 Å². The molecule has 0 amide bonds. The van der Waals surface area contributed by atoms with Crippen molar-refractivity contribution in [3.8, 4) is 0 Å². The SMILES string of the molecule is NCCNC(O)(O)CO. The molecule has 0 spiro atoms. The van der Waals surface area contributed by atoms with E-state index in [1.165, 1.54) is 0 Å². The number of aliphatic hydroxyl groups is 3. The summed E-state index contributed by atoms with van der Waals surface area (Å²) in [4.78, 5) is 0. The number of nitrogens with two attached hydrogens (primary N) is 1. The maximum Gasteiger partial charge on any atom is 0.246 e. The van der Waals surface area contributed by atoms with Crippen LogP contribution in [0.25, 0.3) is 0 Å². The summed E-state index contributed by atoms with van der Waals surface area (Å²) in [7, 11) is 0. The van der Waals surface area contributed by atoms with Crippen LogP contribution in [0.2, 0.25) is 0 Å². The summed E-state index contributed by atoms with van der Waals surface area (Å²) in [6.07, 6.45) is 0. The van der Waals surface area contributed by atoms with Gasteiger partial charge >= 0.3 is 0 Å². The molecule has 0 unspecified atom stereocenters. The van der Waals surface area contributed by atoms with Crippen molar-refractivity contribution in [1.29, 1.82) is 0 Å². The van der Waals surface area contributed by atoms with Crippen molar-refractivity contribution in [1.82, 2.24) is 5.32 Å². The third-order valence-corrected chi connectivity index (χ3v) is 0.773. The Kier molecular flexibility index (Phi) is 3.67. The van der Waals surface area contributed by atoms with Crippen LogP contribution in [0.3, 0.4) is 0 Å². The molecular formula is C4H12N2O3. The molecule has 0 atom stereocenters. The van der Waals surface area contributed by atoms with E-state index >= 15 is 0 Å². The average Bonchev–Trinajstić information content (AvgIpc) is 1.84. The number of aliphatic hydroxyl groups excluding tert-OH is 1. The summed E-state index contributed by atoms with van der Waals surface area (Å²) in [6, 6.07) is 0. The zero-order chi connectivity index (χ0) is 7.33. The highest BCUT2D eigenvalue weighted by Gasteiger charge is 2.18. The second-order valence-corrected chi connectivity index (χ2v) is 1.69. The van der Waals surface area contributed by atoms with Gasteiger partial charge in [0.15, 0.2) is 0 Å². The molecule has 0 heterocycles. The number of nitrogens with one attached hydrogen (secondary N) is 1. The minimum Gasteiger partial charge on any atom is -0.389 e. The van der Waals surface area contributed by atoms with Gasteiger partial charge in [0.2, 0.25) is 5.91 Å². The lowest BCUT2D eigenvalue weighted by Crippen LogP contribution is -2.49. The van der Waals surface area contributed by atoms with Crippen molar-refractivity contribution in [3.05, 3.63) is 0 Å². The fraction of sp³-hybridized carbons (Fsp3) is 1.00. The first-order valence-electron chi connectivity index (χ1n) is 2.63. The smallest absolute Gasteiger partial charge is 0.246 e. The molecule has 0 aliphatic carbocycles. The fourth-order valence-corrected chi connectivity index (χ4v) is 0.328. The van der Waals surface area contributed by atoms with E-state index in [1.807, 2.05) is 0 Å². The molecule has 0 aromatic heterocycles. The standard InChI is InChI=1S/C4H12N2O3/c5-1-2-6-4(8,9)3-7/h6-9H,1-3,5H2. The first-order valence-corrected chi connectivity index (χ1v) is 2.63. The molecule has 0 saturated carbocycles. The van der Waals surface area contributed by atoms with Crippen molar-refractivity contribution in [2.75, 3.05) is 19.7 Å². The van der Waals surface area contributed by atoms with Crippen LogP contribution in [0, 0.1) is 0 Å². The highest BCUT2D eigenvalue weighted by Crippen LogP contribution is 1.87. The topological polar surface area (TPSA) is 98.7 Å². The largest absolute Gasteiger partial charge is 0.389 e. The van der Waals surface area contributed by atoms with Crippen molar-refractivity contribution < 1.29 is 15.3 Å². The van der Waals surface area contributed by atoms with Gasteiger partial charge in [0, 0.05) is 13.1 Å². The lowest BCUT2D eigenvalue weighted by Gasteiger charge is -2.19. The second-order valence-electron chi connectivity index (χ2n) is 1.69.